The largest absolute Gasteiger partial charge is 0.497 e. The number of likely N-dealkylation sites (tertiary alicyclic amines) is 1. The topological polar surface area (TPSA) is 116 Å². The van der Waals surface area contributed by atoms with Crippen molar-refractivity contribution in [1.29, 1.82) is 0 Å². The van der Waals surface area contributed by atoms with E-state index in [4.69, 9.17) is 9.47 Å². The molecule has 1 aliphatic heterocycles. The minimum absolute atomic E-state index is 0.00680. The number of nitrogens with one attached hydrogen (secondary N) is 5. The van der Waals surface area contributed by atoms with Gasteiger partial charge in [0.25, 0.3) is 5.91 Å². The Balaban J connectivity index is 1.38. The zero-order chi connectivity index (χ0) is 30.4. The summed E-state index contributed by atoms with van der Waals surface area (Å²) in [4.78, 5) is 28.4. The van der Waals surface area contributed by atoms with E-state index in [0.29, 0.717) is 30.1 Å². The van der Waals surface area contributed by atoms with E-state index in [9.17, 15) is 9.59 Å². The van der Waals surface area contributed by atoms with Crippen LogP contribution >= 0.6 is 0 Å². The lowest BCUT2D eigenvalue weighted by atomic mass is 10.1. The molecule has 1 heterocycles. The molecule has 5 N–H and O–H groups in total. The van der Waals surface area contributed by atoms with Crippen molar-refractivity contribution in [1.82, 2.24) is 10.2 Å². The van der Waals surface area contributed by atoms with Crippen LogP contribution in [0.4, 0.5) is 27.5 Å². The van der Waals surface area contributed by atoms with E-state index < -0.39 is 6.03 Å². The van der Waals surface area contributed by atoms with Crippen LogP contribution in [0.3, 0.4) is 0 Å². The summed E-state index contributed by atoms with van der Waals surface area (Å²) in [7, 11) is 3.24. The third-order valence-corrected chi connectivity index (χ3v) is 7.42. The number of hydrogen-bond acceptors (Lipinski definition) is 7. The van der Waals surface area contributed by atoms with Crippen LogP contribution in [0.25, 0.3) is 0 Å². The average Bonchev–Trinajstić information content (AvgIpc) is 3.02. The average molecular weight is 589 g/mol. The van der Waals surface area contributed by atoms with Gasteiger partial charge in [-0.15, -0.1) is 0 Å². The highest BCUT2D eigenvalue weighted by atomic mass is 16.5. The van der Waals surface area contributed by atoms with Crippen LogP contribution < -0.4 is 31.3 Å². The summed E-state index contributed by atoms with van der Waals surface area (Å²) < 4.78 is 10.3. The second kappa shape index (κ2) is 16.4. The lowest BCUT2D eigenvalue weighted by molar-refractivity contribution is 0.0938. The molecule has 4 rings (SSSR count). The number of carbonyl (C=O) groups is 2. The first-order chi connectivity index (χ1) is 20.9. The summed E-state index contributed by atoms with van der Waals surface area (Å²) >= 11 is 0. The molecule has 0 aromatic heterocycles. The Morgan fingerprint density at radius 3 is 2.30 bits per heavy atom. The Morgan fingerprint density at radius 1 is 0.860 bits per heavy atom. The van der Waals surface area contributed by atoms with Crippen LogP contribution in [0.1, 0.15) is 48.1 Å². The van der Waals surface area contributed by atoms with Crippen LogP contribution in [0.15, 0.2) is 66.7 Å². The molecule has 1 saturated heterocycles. The molecule has 0 spiro atoms. The van der Waals surface area contributed by atoms with Crippen LogP contribution in [0, 0.1) is 0 Å². The first-order valence-corrected chi connectivity index (χ1v) is 14.9. The maximum atomic E-state index is 13.0. The van der Waals surface area contributed by atoms with E-state index in [1.807, 2.05) is 54.6 Å². The van der Waals surface area contributed by atoms with E-state index in [1.54, 1.807) is 26.4 Å². The van der Waals surface area contributed by atoms with E-state index in [2.05, 4.69) is 38.4 Å². The predicted octanol–water partition coefficient (Wildman–Crippen LogP) is 5.79. The normalized spacial score (nSPS) is 13.9. The number of nitrogens with zero attached hydrogens (tertiary/aromatic N) is 1. The van der Waals surface area contributed by atoms with Crippen LogP contribution in [0.2, 0.25) is 0 Å². The molecule has 0 radical (unpaired) electrons. The van der Waals surface area contributed by atoms with Gasteiger partial charge >= 0.3 is 6.03 Å². The fourth-order valence-corrected chi connectivity index (χ4v) is 5.06. The van der Waals surface area contributed by atoms with Crippen molar-refractivity contribution in [2.45, 2.75) is 32.2 Å². The molecule has 10 heteroatoms. The van der Waals surface area contributed by atoms with Crippen molar-refractivity contribution in [3.8, 4) is 5.75 Å². The third kappa shape index (κ3) is 9.90. The van der Waals surface area contributed by atoms with Crippen molar-refractivity contribution < 1.29 is 19.1 Å². The number of piperidine rings is 1. The third-order valence-electron chi connectivity index (χ3n) is 7.42. The molecule has 43 heavy (non-hydrogen) atoms. The Labute approximate surface area is 254 Å². The maximum Gasteiger partial charge on any atom is 0.323 e. The monoisotopic (exact) mass is 588 g/mol. The first-order valence-electron chi connectivity index (χ1n) is 14.9. The van der Waals surface area contributed by atoms with Crippen LogP contribution in [-0.2, 0) is 4.74 Å². The number of rotatable bonds is 14. The minimum Gasteiger partial charge on any atom is -0.497 e. The molecule has 3 amide bonds. The van der Waals surface area contributed by atoms with Gasteiger partial charge < -0.3 is 41.0 Å². The Morgan fingerprint density at radius 2 is 1.58 bits per heavy atom. The maximum absolute atomic E-state index is 13.0. The number of anilines is 4. The molecule has 10 nitrogen and oxygen atoms in total. The summed E-state index contributed by atoms with van der Waals surface area (Å²) in [5.74, 6) is 0.570. The van der Waals surface area contributed by atoms with Gasteiger partial charge in [-0.05, 0) is 93.0 Å². The SMILES string of the molecule is COCCNC(=O)c1cc(NC(=O)Nc2cccc(C(C)Nc3ccc(OC)cc3)c2)ccc1NCCN1CCCCC1. The Hall–Kier alpha value is -4.28. The molecular formula is C33H44N6O4. The van der Waals surface area contributed by atoms with Gasteiger partial charge in [-0.2, -0.15) is 0 Å². The molecule has 3 aromatic carbocycles. The van der Waals surface area contributed by atoms with Gasteiger partial charge in [0.1, 0.15) is 5.75 Å². The fraction of sp³-hybridized carbons (Fsp3) is 0.394. The molecule has 1 aliphatic rings. The van der Waals surface area contributed by atoms with Gasteiger partial charge in [-0.25, -0.2) is 4.79 Å². The molecule has 0 saturated carbocycles. The Kier molecular flexibility index (Phi) is 12.1. The number of amides is 3. The van der Waals surface area contributed by atoms with Gasteiger partial charge in [0.2, 0.25) is 0 Å². The zero-order valence-corrected chi connectivity index (χ0v) is 25.4. The van der Waals surface area contributed by atoms with Gasteiger partial charge in [-0.3, -0.25) is 4.79 Å². The van der Waals surface area contributed by atoms with Gasteiger partial charge in [0.15, 0.2) is 0 Å². The van der Waals surface area contributed by atoms with Gasteiger partial charge in [-0.1, -0.05) is 18.6 Å². The van der Waals surface area contributed by atoms with Crippen LogP contribution in [-0.4, -0.2) is 70.4 Å². The smallest absolute Gasteiger partial charge is 0.323 e. The van der Waals surface area contributed by atoms with Crippen molar-refractivity contribution >= 4 is 34.7 Å². The summed E-state index contributed by atoms with van der Waals surface area (Å²) in [5.41, 5.74) is 4.35. The second-order valence-corrected chi connectivity index (χ2v) is 10.6. The Bertz CT molecular complexity index is 1330. The molecule has 0 aliphatic carbocycles. The summed E-state index contributed by atoms with van der Waals surface area (Å²) in [6, 6.07) is 20.4. The quantitative estimate of drug-likeness (QED) is 0.152. The first kappa shape index (κ1) is 31.7. The highest BCUT2D eigenvalue weighted by Gasteiger charge is 2.15. The number of hydrogen-bond donors (Lipinski definition) is 5. The molecular weight excluding hydrogens is 544 g/mol. The van der Waals surface area contributed by atoms with E-state index in [-0.39, 0.29) is 11.9 Å². The summed E-state index contributed by atoms with van der Waals surface area (Å²) in [6.07, 6.45) is 3.77. The zero-order valence-electron chi connectivity index (χ0n) is 25.4. The molecule has 230 valence electrons. The molecule has 1 fully saturated rings. The fourth-order valence-electron chi connectivity index (χ4n) is 5.06. The van der Waals surface area contributed by atoms with Crippen molar-refractivity contribution in [3.05, 3.63) is 77.9 Å². The van der Waals surface area contributed by atoms with Crippen LogP contribution in [0.5, 0.6) is 5.75 Å². The lowest BCUT2D eigenvalue weighted by Crippen LogP contribution is -2.34. The lowest BCUT2D eigenvalue weighted by Gasteiger charge is -2.26. The van der Waals surface area contributed by atoms with E-state index in [1.165, 1.54) is 19.3 Å². The van der Waals surface area contributed by atoms with E-state index >= 15 is 0 Å². The molecule has 3 aromatic rings. The highest BCUT2D eigenvalue weighted by molar-refractivity contribution is 6.03. The van der Waals surface area contributed by atoms with E-state index in [0.717, 1.165) is 48.9 Å². The minimum atomic E-state index is -0.399. The number of urea groups is 1. The number of benzene rings is 3. The standard InChI is InChI=1S/C33H44N6O4/c1-24(36-26-10-13-29(43-3)14-11-26)25-8-7-9-27(22-25)37-33(41)38-28-12-15-31(30(23-28)32(40)35-17-21-42-2)34-16-20-39-18-5-4-6-19-39/h7-15,22-24,34,36H,4-6,16-21H2,1-3H3,(H,35,40)(H2,37,38,41). The van der Waals surface area contributed by atoms with Gasteiger partial charge in [0, 0.05) is 55.5 Å². The highest BCUT2D eigenvalue weighted by Crippen LogP contribution is 2.25. The molecule has 1 atom stereocenters. The number of ether oxygens (including phenoxy) is 2. The predicted molar refractivity (Wildman–Crippen MR) is 174 cm³/mol. The number of carbonyl (C=O) groups excluding carboxylic acids is 2. The molecule has 1 unspecified atom stereocenters. The van der Waals surface area contributed by atoms with Crippen molar-refractivity contribution in [3.63, 3.8) is 0 Å². The molecule has 0 bridgehead atoms. The van der Waals surface area contributed by atoms with Crippen molar-refractivity contribution in [2.24, 2.45) is 0 Å². The summed E-state index contributed by atoms with van der Waals surface area (Å²) in [6.45, 7) is 6.74. The van der Waals surface area contributed by atoms with Gasteiger partial charge in [0.05, 0.1) is 19.3 Å². The summed E-state index contributed by atoms with van der Waals surface area (Å²) in [5, 5.41) is 15.5. The number of methoxy groups -OCH3 is 2. The second-order valence-electron chi connectivity index (χ2n) is 10.6. The van der Waals surface area contributed by atoms with Crippen molar-refractivity contribution in [2.75, 3.05) is 74.8 Å².